The number of nitrogen functional groups attached to an aromatic ring is 1. The number of para-hydroxylation sites is 1. The Bertz CT molecular complexity index is 601. The van der Waals surface area contributed by atoms with Gasteiger partial charge in [-0.1, -0.05) is 35.9 Å². The van der Waals surface area contributed by atoms with E-state index >= 15 is 0 Å². The SMILES string of the molecule is CC(c1cccc(Cl)c1)N(C)Cc1cccc(F)c1N. The molecule has 1 atom stereocenters. The molecule has 0 aliphatic carbocycles. The Morgan fingerprint density at radius 2 is 1.95 bits per heavy atom. The van der Waals surface area contributed by atoms with Crippen molar-refractivity contribution in [3.05, 3.63) is 64.4 Å². The first-order chi connectivity index (χ1) is 9.49. The second-order valence-corrected chi connectivity index (χ2v) is 5.40. The average Bonchev–Trinajstić information content (AvgIpc) is 2.43. The van der Waals surface area contributed by atoms with Crippen LogP contribution in [0, 0.1) is 5.82 Å². The predicted molar refractivity (Wildman–Crippen MR) is 82.1 cm³/mol. The van der Waals surface area contributed by atoms with Crippen molar-refractivity contribution in [1.82, 2.24) is 4.90 Å². The molecule has 4 heteroatoms. The fraction of sp³-hybridized carbons (Fsp3) is 0.250. The van der Waals surface area contributed by atoms with E-state index < -0.39 is 0 Å². The van der Waals surface area contributed by atoms with E-state index in [-0.39, 0.29) is 17.5 Å². The van der Waals surface area contributed by atoms with Crippen molar-refractivity contribution in [2.24, 2.45) is 0 Å². The van der Waals surface area contributed by atoms with Crippen LogP contribution in [0.4, 0.5) is 10.1 Å². The van der Waals surface area contributed by atoms with Crippen molar-refractivity contribution in [3.63, 3.8) is 0 Å². The molecule has 0 bridgehead atoms. The second kappa shape index (κ2) is 6.25. The van der Waals surface area contributed by atoms with E-state index in [0.29, 0.717) is 11.6 Å². The van der Waals surface area contributed by atoms with Crippen molar-refractivity contribution in [1.29, 1.82) is 0 Å². The van der Waals surface area contributed by atoms with Gasteiger partial charge < -0.3 is 5.73 Å². The smallest absolute Gasteiger partial charge is 0.146 e. The van der Waals surface area contributed by atoms with Crippen molar-refractivity contribution >= 4 is 17.3 Å². The minimum atomic E-state index is -0.369. The van der Waals surface area contributed by atoms with Gasteiger partial charge in [0.05, 0.1) is 5.69 Å². The molecule has 2 aromatic carbocycles. The minimum absolute atomic E-state index is 0.163. The van der Waals surface area contributed by atoms with Gasteiger partial charge in [-0.15, -0.1) is 0 Å². The average molecular weight is 293 g/mol. The molecular formula is C16H18ClFN2. The van der Waals surface area contributed by atoms with Crippen LogP contribution in [-0.2, 0) is 6.54 Å². The van der Waals surface area contributed by atoms with Crippen molar-refractivity contribution < 1.29 is 4.39 Å². The number of anilines is 1. The highest BCUT2D eigenvalue weighted by Crippen LogP contribution is 2.25. The zero-order valence-corrected chi connectivity index (χ0v) is 12.4. The lowest BCUT2D eigenvalue weighted by atomic mass is 10.1. The van der Waals surface area contributed by atoms with E-state index in [1.807, 2.05) is 37.4 Å². The molecule has 2 aromatic rings. The van der Waals surface area contributed by atoms with E-state index in [4.69, 9.17) is 17.3 Å². The fourth-order valence-electron chi connectivity index (χ4n) is 2.15. The van der Waals surface area contributed by atoms with Crippen LogP contribution in [0.2, 0.25) is 5.02 Å². The molecule has 1 unspecified atom stereocenters. The molecule has 20 heavy (non-hydrogen) atoms. The standard InChI is InChI=1S/C16H18ClFN2/c1-11(12-5-3-7-14(17)9-12)20(2)10-13-6-4-8-15(18)16(13)19/h3-9,11H,10,19H2,1-2H3. The number of hydrogen-bond donors (Lipinski definition) is 1. The summed E-state index contributed by atoms with van der Waals surface area (Å²) in [7, 11) is 1.98. The van der Waals surface area contributed by atoms with Crippen LogP contribution >= 0.6 is 11.6 Å². The first-order valence-electron chi connectivity index (χ1n) is 6.47. The summed E-state index contributed by atoms with van der Waals surface area (Å²) in [5, 5.41) is 0.716. The maximum Gasteiger partial charge on any atom is 0.146 e. The van der Waals surface area contributed by atoms with Gasteiger partial charge in [-0.05, 0) is 43.3 Å². The van der Waals surface area contributed by atoms with E-state index in [0.717, 1.165) is 11.1 Å². The fourth-order valence-corrected chi connectivity index (χ4v) is 2.34. The van der Waals surface area contributed by atoms with Crippen LogP contribution in [0.5, 0.6) is 0 Å². The van der Waals surface area contributed by atoms with Crippen molar-refractivity contribution in [2.45, 2.75) is 19.5 Å². The molecule has 0 aliphatic heterocycles. The zero-order chi connectivity index (χ0) is 14.7. The summed E-state index contributed by atoms with van der Waals surface area (Å²) in [6, 6.07) is 12.8. The highest BCUT2D eigenvalue weighted by molar-refractivity contribution is 6.30. The monoisotopic (exact) mass is 292 g/mol. The van der Waals surface area contributed by atoms with Crippen LogP contribution in [0.1, 0.15) is 24.1 Å². The van der Waals surface area contributed by atoms with Gasteiger partial charge in [-0.25, -0.2) is 4.39 Å². The third kappa shape index (κ3) is 3.30. The largest absolute Gasteiger partial charge is 0.396 e. The number of nitrogens with two attached hydrogens (primary N) is 1. The molecule has 0 spiro atoms. The van der Waals surface area contributed by atoms with Gasteiger partial charge in [0, 0.05) is 17.6 Å². The predicted octanol–water partition coefficient (Wildman–Crippen LogP) is 4.25. The molecule has 0 saturated heterocycles. The number of rotatable bonds is 4. The highest BCUT2D eigenvalue weighted by Gasteiger charge is 2.14. The molecule has 106 valence electrons. The van der Waals surface area contributed by atoms with Gasteiger partial charge in [-0.2, -0.15) is 0 Å². The Morgan fingerprint density at radius 3 is 2.65 bits per heavy atom. The first kappa shape index (κ1) is 14.8. The molecule has 0 radical (unpaired) electrons. The van der Waals surface area contributed by atoms with Crippen LogP contribution < -0.4 is 5.73 Å². The summed E-state index contributed by atoms with van der Waals surface area (Å²) in [5.41, 5.74) is 7.90. The van der Waals surface area contributed by atoms with Crippen LogP contribution in [0.3, 0.4) is 0 Å². The number of nitrogens with zero attached hydrogens (tertiary/aromatic N) is 1. The molecule has 2 N–H and O–H groups in total. The maximum atomic E-state index is 13.4. The summed E-state index contributed by atoms with van der Waals surface area (Å²) >= 11 is 6.01. The summed E-state index contributed by atoms with van der Waals surface area (Å²) < 4.78 is 13.4. The van der Waals surface area contributed by atoms with E-state index in [2.05, 4.69) is 11.8 Å². The topological polar surface area (TPSA) is 29.3 Å². The summed E-state index contributed by atoms with van der Waals surface area (Å²) in [4.78, 5) is 2.11. The zero-order valence-electron chi connectivity index (χ0n) is 11.6. The lowest BCUT2D eigenvalue weighted by molar-refractivity contribution is 0.253. The molecular weight excluding hydrogens is 275 g/mol. The van der Waals surface area contributed by atoms with Crippen molar-refractivity contribution in [2.75, 3.05) is 12.8 Å². The van der Waals surface area contributed by atoms with E-state index in [1.54, 1.807) is 6.07 Å². The molecule has 2 nitrogen and oxygen atoms in total. The van der Waals surface area contributed by atoms with Gasteiger partial charge in [0.25, 0.3) is 0 Å². The Kier molecular flexibility index (Phi) is 4.63. The normalized spacial score (nSPS) is 12.7. The number of halogens is 2. The van der Waals surface area contributed by atoms with Gasteiger partial charge in [-0.3, -0.25) is 4.90 Å². The quantitative estimate of drug-likeness (QED) is 0.854. The molecule has 2 rings (SSSR count). The third-order valence-electron chi connectivity index (χ3n) is 3.56. The first-order valence-corrected chi connectivity index (χ1v) is 6.85. The van der Waals surface area contributed by atoms with E-state index in [9.17, 15) is 4.39 Å². The Labute approximate surface area is 124 Å². The van der Waals surface area contributed by atoms with Crippen LogP contribution in [0.25, 0.3) is 0 Å². The van der Waals surface area contributed by atoms with Crippen LogP contribution in [-0.4, -0.2) is 11.9 Å². The maximum absolute atomic E-state index is 13.4. The van der Waals surface area contributed by atoms with E-state index in [1.165, 1.54) is 6.07 Å². The minimum Gasteiger partial charge on any atom is -0.396 e. The van der Waals surface area contributed by atoms with Gasteiger partial charge >= 0.3 is 0 Å². The van der Waals surface area contributed by atoms with Gasteiger partial charge in [0.1, 0.15) is 5.82 Å². The summed E-state index contributed by atoms with van der Waals surface area (Å²) in [6.07, 6.45) is 0. The Hall–Kier alpha value is -1.58. The van der Waals surface area contributed by atoms with Gasteiger partial charge in [0.2, 0.25) is 0 Å². The molecule has 0 amide bonds. The third-order valence-corrected chi connectivity index (χ3v) is 3.79. The summed E-state index contributed by atoms with van der Waals surface area (Å²) in [5.74, 6) is -0.369. The second-order valence-electron chi connectivity index (χ2n) is 4.96. The molecule has 0 saturated carbocycles. The number of benzene rings is 2. The Balaban J connectivity index is 2.15. The summed E-state index contributed by atoms with van der Waals surface area (Å²) in [6.45, 7) is 2.67. The Morgan fingerprint density at radius 1 is 1.25 bits per heavy atom. The van der Waals surface area contributed by atoms with Crippen LogP contribution in [0.15, 0.2) is 42.5 Å². The molecule has 0 heterocycles. The molecule has 0 aliphatic rings. The van der Waals surface area contributed by atoms with Crippen molar-refractivity contribution in [3.8, 4) is 0 Å². The lowest BCUT2D eigenvalue weighted by Gasteiger charge is -2.26. The lowest BCUT2D eigenvalue weighted by Crippen LogP contribution is -2.22. The highest BCUT2D eigenvalue weighted by atomic mass is 35.5. The number of hydrogen-bond acceptors (Lipinski definition) is 2. The molecule has 0 aromatic heterocycles. The molecule has 0 fully saturated rings. The van der Waals surface area contributed by atoms with Gasteiger partial charge in [0.15, 0.2) is 0 Å².